The number of hydrogen-bond acceptors (Lipinski definition) is 3. The summed E-state index contributed by atoms with van der Waals surface area (Å²) in [5.74, 6) is 0.689. The predicted molar refractivity (Wildman–Crippen MR) is 66.1 cm³/mol. The van der Waals surface area contributed by atoms with Crippen LogP contribution in [-0.2, 0) is 0 Å². The third-order valence-corrected chi connectivity index (χ3v) is 2.45. The van der Waals surface area contributed by atoms with Crippen LogP contribution in [0.3, 0.4) is 0 Å². The zero-order valence-electron chi connectivity index (χ0n) is 10.8. The maximum atomic E-state index is 11.8. The van der Waals surface area contributed by atoms with E-state index in [1.54, 1.807) is 13.8 Å². The van der Waals surface area contributed by atoms with E-state index in [2.05, 4.69) is 29.1 Å². The number of aromatic nitrogens is 2. The number of H-pyrrole nitrogens is 1. The zero-order chi connectivity index (χ0) is 13.0. The molecule has 2 N–H and O–H groups in total. The molecule has 0 aliphatic carbocycles. The van der Waals surface area contributed by atoms with Gasteiger partial charge in [-0.05, 0) is 26.2 Å². The number of hydrogen-bond donors (Lipinski definition) is 2. The molecule has 0 saturated carbocycles. The van der Waals surface area contributed by atoms with Crippen LogP contribution < -0.4 is 10.9 Å². The summed E-state index contributed by atoms with van der Waals surface area (Å²) in [4.78, 5) is 30.1. The molecular formula is C12H19N3O2. The van der Waals surface area contributed by atoms with E-state index in [0.29, 0.717) is 24.0 Å². The molecule has 0 aromatic carbocycles. The Balaban J connectivity index is 2.79. The van der Waals surface area contributed by atoms with Crippen LogP contribution in [0.4, 0.5) is 0 Å². The lowest BCUT2D eigenvalue weighted by molar-refractivity contribution is 0.0949. The number of aromatic amines is 1. The van der Waals surface area contributed by atoms with Crippen molar-refractivity contribution in [2.24, 2.45) is 5.92 Å². The quantitative estimate of drug-likeness (QED) is 0.825. The van der Waals surface area contributed by atoms with Gasteiger partial charge in [-0.1, -0.05) is 13.8 Å². The summed E-state index contributed by atoms with van der Waals surface area (Å²) in [5, 5.41) is 2.73. The van der Waals surface area contributed by atoms with Crippen LogP contribution in [0.2, 0.25) is 0 Å². The van der Waals surface area contributed by atoms with Gasteiger partial charge in [0.25, 0.3) is 11.5 Å². The fourth-order valence-electron chi connectivity index (χ4n) is 1.56. The lowest BCUT2D eigenvalue weighted by Gasteiger charge is -2.08. The average Bonchev–Trinajstić information content (AvgIpc) is 2.14. The summed E-state index contributed by atoms with van der Waals surface area (Å²) in [7, 11) is 0. The molecule has 17 heavy (non-hydrogen) atoms. The van der Waals surface area contributed by atoms with Gasteiger partial charge in [-0.2, -0.15) is 0 Å². The summed E-state index contributed by atoms with van der Waals surface area (Å²) in [5.41, 5.74) is 0.199. The lowest BCUT2D eigenvalue weighted by Crippen LogP contribution is -2.32. The van der Waals surface area contributed by atoms with E-state index in [0.717, 1.165) is 6.42 Å². The van der Waals surface area contributed by atoms with Gasteiger partial charge in [0.1, 0.15) is 11.4 Å². The third kappa shape index (κ3) is 3.69. The van der Waals surface area contributed by atoms with E-state index >= 15 is 0 Å². The molecule has 1 amide bonds. The van der Waals surface area contributed by atoms with Crippen LogP contribution in [-0.4, -0.2) is 22.4 Å². The first kappa shape index (κ1) is 13.4. The highest BCUT2D eigenvalue weighted by Crippen LogP contribution is 2.00. The van der Waals surface area contributed by atoms with Crippen molar-refractivity contribution in [2.45, 2.75) is 34.1 Å². The van der Waals surface area contributed by atoms with Crippen molar-refractivity contribution < 1.29 is 4.79 Å². The first-order valence-electron chi connectivity index (χ1n) is 5.77. The summed E-state index contributed by atoms with van der Waals surface area (Å²) in [6, 6.07) is 0. The van der Waals surface area contributed by atoms with Gasteiger partial charge in [-0.3, -0.25) is 9.59 Å². The lowest BCUT2D eigenvalue weighted by atomic mass is 10.1. The summed E-state index contributed by atoms with van der Waals surface area (Å²) >= 11 is 0. The van der Waals surface area contributed by atoms with E-state index in [-0.39, 0.29) is 17.0 Å². The number of rotatable bonds is 4. The van der Waals surface area contributed by atoms with Crippen LogP contribution >= 0.6 is 0 Å². The van der Waals surface area contributed by atoms with E-state index in [9.17, 15) is 9.59 Å². The van der Waals surface area contributed by atoms with E-state index < -0.39 is 0 Å². The topological polar surface area (TPSA) is 74.8 Å². The molecule has 0 radical (unpaired) electrons. The molecular weight excluding hydrogens is 218 g/mol. The molecule has 0 saturated heterocycles. The van der Waals surface area contributed by atoms with E-state index in [1.807, 2.05) is 0 Å². The molecule has 1 rings (SSSR count). The summed E-state index contributed by atoms with van der Waals surface area (Å²) in [6.07, 6.45) is 0.891. The van der Waals surface area contributed by atoms with E-state index in [1.165, 1.54) is 0 Å². The molecule has 5 nitrogen and oxygen atoms in total. The number of nitrogens with one attached hydrogen (secondary N) is 2. The molecule has 0 aliphatic rings. The molecule has 0 bridgehead atoms. The Morgan fingerprint density at radius 2 is 2.06 bits per heavy atom. The molecule has 0 fully saturated rings. The Kier molecular flexibility index (Phi) is 4.43. The standard InChI is InChI=1S/C12H19N3O2/c1-7(2)5-6-13-11(16)10-8(3)14-9(4)15-12(10)17/h7H,5-6H2,1-4H3,(H,13,16)(H,14,15,17). The second-order valence-corrected chi connectivity index (χ2v) is 4.55. The molecule has 1 heterocycles. The summed E-state index contributed by atoms with van der Waals surface area (Å²) in [6.45, 7) is 8.09. The maximum Gasteiger partial charge on any atom is 0.264 e. The largest absolute Gasteiger partial charge is 0.352 e. The Hall–Kier alpha value is -1.65. The second-order valence-electron chi connectivity index (χ2n) is 4.55. The Bertz CT molecular complexity index is 463. The van der Waals surface area contributed by atoms with Crippen molar-refractivity contribution in [3.8, 4) is 0 Å². The molecule has 0 atom stereocenters. The van der Waals surface area contributed by atoms with Crippen molar-refractivity contribution >= 4 is 5.91 Å². The van der Waals surface area contributed by atoms with Gasteiger partial charge in [0.2, 0.25) is 0 Å². The summed E-state index contributed by atoms with van der Waals surface area (Å²) < 4.78 is 0. The monoisotopic (exact) mass is 237 g/mol. The van der Waals surface area contributed by atoms with Crippen LogP contribution in [0, 0.1) is 19.8 Å². The number of aryl methyl sites for hydroxylation is 2. The second kappa shape index (κ2) is 5.61. The molecule has 0 aliphatic heterocycles. The fraction of sp³-hybridized carbons (Fsp3) is 0.583. The molecule has 1 aromatic heterocycles. The number of carbonyl (C=O) groups is 1. The molecule has 0 spiro atoms. The SMILES string of the molecule is Cc1nc(C)c(C(=O)NCCC(C)C)c(=O)[nH]1. The Labute approximate surface area is 101 Å². The fourth-order valence-corrected chi connectivity index (χ4v) is 1.56. The minimum absolute atomic E-state index is 0.111. The van der Waals surface area contributed by atoms with Gasteiger partial charge in [-0.15, -0.1) is 0 Å². The maximum absolute atomic E-state index is 11.8. The van der Waals surface area contributed by atoms with Gasteiger partial charge in [0.15, 0.2) is 0 Å². The third-order valence-electron chi connectivity index (χ3n) is 2.45. The van der Waals surface area contributed by atoms with Crippen molar-refractivity contribution in [3.63, 3.8) is 0 Å². The van der Waals surface area contributed by atoms with Crippen molar-refractivity contribution in [1.29, 1.82) is 0 Å². The Morgan fingerprint density at radius 1 is 1.41 bits per heavy atom. The van der Waals surface area contributed by atoms with Gasteiger partial charge in [-0.25, -0.2) is 4.98 Å². The highest BCUT2D eigenvalue weighted by atomic mass is 16.2. The van der Waals surface area contributed by atoms with Crippen LogP contribution in [0.25, 0.3) is 0 Å². The molecule has 5 heteroatoms. The normalized spacial score (nSPS) is 10.6. The van der Waals surface area contributed by atoms with Gasteiger partial charge >= 0.3 is 0 Å². The average molecular weight is 237 g/mol. The minimum Gasteiger partial charge on any atom is -0.352 e. The van der Waals surface area contributed by atoms with E-state index in [4.69, 9.17) is 0 Å². The van der Waals surface area contributed by atoms with Crippen molar-refractivity contribution in [2.75, 3.05) is 6.54 Å². The van der Waals surface area contributed by atoms with Gasteiger partial charge in [0.05, 0.1) is 5.69 Å². The van der Waals surface area contributed by atoms with Gasteiger partial charge in [0, 0.05) is 6.54 Å². The number of carbonyl (C=O) groups excluding carboxylic acids is 1. The van der Waals surface area contributed by atoms with Crippen molar-refractivity contribution in [1.82, 2.24) is 15.3 Å². The smallest absolute Gasteiger partial charge is 0.264 e. The van der Waals surface area contributed by atoms with Crippen LogP contribution in [0.5, 0.6) is 0 Å². The number of amides is 1. The van der Waals surface area contributed by atoms with Crippen LogP contribution in [0.15, 0.2) is 4.79 Å². The van der Waals surface area contributed by atoms with Gasteiger partial charge < -0.3 is 10.3 Å². The first-order chi connectivity index (χ1) is 7.91. The highest BCUT2D eigenvalue weighted by molar-refractivity contribution is 5.94. The van der Waals surface area contributed by atoms with Crippen molar-refractivity contribution in [3.05, 3.63) is 27.4 Å². The highest BCUT2D eigenvalue weighted by Gasteiger charge is 2.14. The zero-order valence-corrected chi connectivity index (χ0v) is 10.8. The first-order valence-corrected chi connectivity index (χ1v) is 5.77. The molecule has 1 aromatic rings. The molecule has 0 unspecified atom stereocenters. The number of nitrogens with zero attached hydrogens (tertiary/aromatic N) is 1. The van der Waals surface area contributed by atoms with Crippen LogP contribution in [0.1, 0.15) is 42.1 Å². The predicted octanol–water partition coefficient (Wildman–Crippen LogP) is 1.16. The molecule has 94 valence electrons. The Morgan fingerprint density at radius 3 is 2.59 bits per heavy atom. The minimum atomic E-state index is -0.378.